The Bertz CT molecular complexity index is 531. The molecule has 0 aromatic heterocycles. The number of nitrogens with zero attached hydrogens (tertiary/aromatic N) is 3. The zero-order chi connectivity index (χ0) is 15.2. The molecule has 0 saturated carbocycles. The standard InChI is InChI=1S/C16H21N3O2/c1-2-4-14(12-17)18-7-9-19(10-8-18)16(21)13-5-3-6-15(20)11-13/h3,5-6,11,14,20H,2,4,7-10H2,1H3. The highest BCUT2D eigenvalue weighted by Crippen LogP contribution is 2.16. The number of carbonyl (C=O) groups is 1. The molecule has 21 heavy (non-hydrogen) atoms. The number of piperazine rings is 1. The first-order valence-electron chi connectivity index (χ1n) is 7.37. The molecule has 1 aromatic carbocycles. The van der Waals surface area contributed by atoms with Crippen LogP contribution in [-0.4, -0.2) is 53.0 Å². The monoisotopic (exact) mass is 287 g/mol. The number of nitriles is 1. The smallest absolute Gasteiger partial charge is 0.254 e. The van der Waals surface area contributed by atoms with Gasteiger partial charge in [0.1, 0.15) is 5.75 Å². The summed E-state index contributed by atoms with van der Waals surface area (Å²) in [7, 11) is 0. The van der Waals surface area contributed by atoms with Gasteiger partial charge in [-0.2, -0.15) is 5.26 Å². The number of phenolic OH excluding ortho intramolecular Hbond substituents is 1. The van der Waals surface area contributed by atoms with Crippen molar-refractivity contribution in [3.05, 3.63) is 29.8 Å². The van der Waals surface area contributed by atoms with E-state index in [1.54, 1.807) is 23.1 Å². The molecule has 1 N–H and O–H groups in total. The quantitative estimate of drug-likeness (QED) is 0.917. The van der Waals surface area contributed by atoms with Gasteiger partial charge in [-0.3, -0.25) is 9.69 Å². The minimum Gasteiger partial charge on any atom is -0.508 e. The normalized spacial score (nSPS) is 17.2. The predicted octanol–water partition coefficient (Wildman–Crippen LogP) is 1.84. The first-order chi connectivity index (χ1) is 10.2. The van der Waals surface area contributed by atoms with Crippen LogP contribution in [0.5, 0.6) is 5.75 Å². The van der Waals surface area contributed by atoms with Gasteiger partial charge in [0, 0.05) is 31.7 Å². The number of phenols is 1. The molecule has 1 atom stereocenters. The van der Waals surface area contributed by atoms with Crippen LogP contribution in [0.2, 0.25) is 0 Å². The third-order valence-electron chi connectivity index (χ3n) is 3.85. The molecular formula is C16H21N3O2. The molecule has 0 aliphatic carbocycles. The van der Waals surface area contributed by atoms with E-state index >= 15 is 0 Å². The lowest BCUT2D eigenvalue weighted by Crippen LogP contribution is -2.51. The summed E-state index contributed by atoms with van der Waals surface area (Å²) < 4.78 is 0. The number of hydrogen-bond acceptors (Lipinski definition) is 4. The van der Waals surface area contributed by atoms with Gasteiger partial charge in [0.2, 0.25) is 0 Å². The van der Waals surface area contributed by atoms with Crippen molar-refractivity contribution >= 4 is 5.91 Å². The summed E-state index contributed by atoms with van der Waals surface area (Å²) in [6.45, 7) is 4.77. The van der Waals surface area contributed by atoms with Crippen LogP contribution in [0, 0.1) is 11.3 Å². The van der Waals surface area contributed by atoms with Gasteiger partial charge in [-0.05, 0) is 24.6 Å². The van der Waals surface area contributed by atoms with E-state index in [-0.39, 0.29) is 17.7 Å². The number of amides is 1. The summed E-state index contributed by atoms with van der Waals surface area (Å²) in [6.07, 6.45) is 1.86. The molecule has 5 heteroatoms. The van der Waals surface area contributed by atoms with Crippen LogP contribution in [-0.2, 0) is 0 Å². The van der Waals surface area contributed by atoms with Crippen molar-refractivity contribution < 1.29 is 9.90 Å². The molecule has 1 aromatic rings. The first-order valence-corrected chi connectivity index (χ1v) is 7.37. The van der Waals surface area contributed by atoms with Crippen molar-refractivity contribution in [3.8, 4) is 11.8 Å². The van der Waals surface area contributed by atoms with Gasteiger partial charge in [0.25, 0.3) is 5.91 Å². The van der Waals surface area contributed by atoms with Crippen LogP contribution in [0.3, 0.4) is 0 Å². The van der Waals surface area contributed by atoms with E-state index in [4.69, 9.17) is 0 Å². The molecular weight excluding hydrogens is 266 g/mol. The topological polar surface area (TPSA) is 67.6 Å². The van der Waals surface area contributed by atoms with Crippen molar-refractivity contribution in [2.45, 2.75) is 25.8 Å². The molecule has 1 fully saturated rings. The second kappa shape index (κ2) is 7.09. The molecule has 2 rings (SSSR count). The van der Waals surface area contributed by atoms with Gasteiger partial charge in [-0.15, -0.1) is 0 Å². The van der Waals surface area contributed by atoms with Gasteiger partial charge in [0.05, 0.1) is 12.1 Å². The zero-order valence-electron chi connectivity index (χ0n) is 12.3. The first kappa shape index (κ1) is 15.3. The fourth-order valence-corrected chi connectivity index (χ4v) is 2.66. The molecule has 0 bridgehead atoms. The maximum Gasteiger partial charge on any atom is 0.254 e. The molecule has 1 saturated heterocycles. The average molecular weight is 287 g/mol. The second-order valence-electron chi connectivity index (χ2n) is 5.31. The highest BCUT2D eigenvalue weighted by molar-refractivity contribution is 5.94. The molecule has 1 aliphatic rings. The highest BCUT2D eigenvalue weighted by atomic mass is 16.3. The third kappa shape index (κ3) is 3.73. The zero-order valence-corrected chi connectivity index (χ0v) is 12.3. The molecule has 1 heterocycles. The molecule has 112 valence electrons. The number of carbonyl (C=O) groups excluding carboxylic acids is 1. The number of aromatic hydroxyl groups is 1. The summed E-state index contributed by atoms with van der Waals surface area (Å²) in [5.41, 5.74) is 0.508. The van der Waals surface area contributed by atoms with Crippen molar-refractivity contribution in [1.29, 1.82) is 5.26 Å². The summed E-state index contributed by atoms with van der Waals surface area (Å²) in [6, 6.07) is 8.72. The lowest BCUT2D eigenvalue weighted by Gasteiger charge is -2.36. The van der Waals surface area contributed by atoms with E-state index in [1.807, 2.05) is 0 Å². The van der Waals surface area contributed by atoms with E-state index in [0.717, 1.165) is 25.9 Å². The van der Waals surface area contributed by atoms with Crippen molar-refractivity contribution in [2.24, 2.45) is 0 Å². The second-order valence-corrected chi connectivity index (χ2v) is 5.31. The Hall–Kier alpha value is -2.06. The van der Waals surface area contributed by atoms with Gasteiger partial charge in [0.15, 0.2) is 0 Å². The van der Waals surface area contributed by atoms with Gasteiger partial charge >= 0.3 is 0 Å². The van der Waals surface area contributed by atoms with E-state index < -0.39 is 0 Å². The van der Waals surface area contributed by atoms with Crippen LogP contribution < -0.4 is 0 Å². The van der Waals surface area contributed by atoms with E-state index in [0.29, 0.717) is 18.7 Å². The van der Waals surface area contributed by atoms with Crippen LogP contribution in [0.4, 0.5) is 0 Å². The molecule has 1 unspecified atom stereocenters. The average Bonchev–Trinajstić information content (AvgIpc) is 2.52. The fraction of sp³-hybridized carbons (Fsp3) is 0.500. The van der Waals surface area contributed by atoms with Gasteiger partial charge < -0.3 is 10.0 Å². The third-order valence-corrected chi connectivity index (χ3v) is 3.85. The lowest BCUT2D eigenvalue weighted by molar-refractivity contribution is 0.0601. The number of rotatable bonds is 4. The van der Waals surface area contributed by atoms with E-state index in [2.05, 4.69) is 17.9 Å². The van der Waals surface area contributed by atoms with Crippen molar-refractivity contribution in [2.75, 3.05) is 26.2 Å². The number of hydrogen-bond donors (Lipinski definition) is 1. The van der Waals surface area contributed by atoms with Gasteiger partial charge in [-0.25, -0.2) is 0 Å². The van der Waals surface area contributed by atoms with E-state index in [1.165, 1.54) is 6.07 Å². The minimum atomic E-state index is -0.0606. The lowest BCUT2D eigenvalue weighted by atomic mass is 10.1. The maximum absolute atomic E-state index is 12.4. The Morgan fingerprint density at radius 1 is 1.38 bits per heavy atom. The van der Waals surface area contributed by atoms with Crippen molar-refractivity contribution in [1.82, 2.24) is 9.80 Å². The van der Waals surface area contributed by atoms with Crippen LogP contribution in [0.1, 0.15) is 30.1 Å². The Morgan fingerprint density at radius 3 is 2.67 bits per heavy atom. The minimum absolute atomic E-state index is 0.0481. The van der Waals surface area contributed by atoms with Crippen LogP contribution in [0.25, 0.3) is 0 Å². The molecule has 1 aliphatic heterocycles. The molecule has 5 nitrogen and oxygen atoms in total. The largest absolute Gasteiger partial charge is 0.508 e. The predicted molar refractivity (Wildman–Crippen MR) is 79.9 cm³/mol. The molecule has 0 radical (unpaired) electrons. The van der Waals surface area contributed by atoms with Crippen LogP contribution >= 0.6 is 0 Å². The van der Waals surface area contributed by atoms with Crippen molar-refractivity contribution in [3.63, 3.8) is 0 Å². The Labute approximate surface area is 125 Å². The summed E-state index contributed by atoms with van der Waals surface area (Å²) in [4.78, 5) is 16.3. The SMILES string of the molecule is CCCC(C#N)N1CCN(C(=O)c2cccc(O)c2)CC1. The Balaban J connectivity index is 1.95. The number of benzene rings is 1. The Kier molecular flexibility index (Phi) is 5.18. The maximum atomic E-state index is 12.4. The summed E-state index contributed by atoms with van der Waals surface area (Å²) in [5, 5.41) is 18.6. The summed E-state index contributed by atoms with van der Waals surface area (Å²) >= 11 is 0. The van der Waals surface area contributed by atoms with Crippen LogP contribution in [0.15, 0.2) is 24.3 Å². The fourth-order valence-electron chi connectivity index (χ4n) is 2.66. The Morgan fingerprint density at radius 2 is 2.10 bits per heavy atom. The molecule has 1 amide bonds. The summed E-state index contributed by atoms with van der Waals surface area (Å²) in [5.74, 6) is 0.0431. The highest BCUT2D eigenvalue weighted by Gasteiger charge is 2.26. The molecule has 0 spiro atoms. The van der Waals surface area contributed by atoms with Gasteiger partial charge in [-0.1, -0.05) is 19.4 Å². The van der Waals surface area contributed by atoms with E-state index in [9.17, 15) is 15.2 Å².